The lowest BCUT2D eigenvalue weighted by atomic mass is 9.91. The number of nitrogens with zero attached hydrogens (tertiary/aromatic N) is 3. The standard InChI is InChI=1S/C23H27F2N5/c1-30(2)22-19-5-3-4-6-21(19)28-23(29-22)27-18-10-8-17(9-11-18)26-14-15-13-16(24)7-12-20(15)25/h3-7,12-13,17-18,26H,8-11,14H2,1-2H3,(H,27,28,29)/t17-,18+. The third-order valence-electron chi connectivity index (χ3n) is 5.66. The molecule has 2 aromatic carbocycles. The van der Waals surface area contributed by atoms with E-state index in [0.717, 1.165) is 48.5 Å². The third-order valence-corrected chi connectivity index (χ3v) is 5.66. The summed E-state index contributed by atoms with van der Waals surface area (Å²) in [4.78, 5) is 11.4. The van der Waals surface area contributed by atoms with Crippen molar-refractivity contribution >= 4 is 22.7 Å². The van der Waals surface area contributed by atoms with Gasteiger partial charge in [-0.05, 0) is 56.0 Å². The van der Waals surface area contributed by atoms with Gasteiger partial charge in [0.25, 0.3) is 0 Å². The Morgan fingerprint density at radius 1 is 0.967 bits per heavy atom. The van der Waals surface area contributed by atoms with Gasteiger partial charge >= 0.3 is 0 Å². The molecule has 0 amide bonds. The summed E-state index contributed by atoms with van der Waals surface area (Å²) < 4.78 is 27.1. The van der Waals surface area contributed by atoms with Crippen LogP contribution in [-0.2, 0) is 6.54 Å². The van der Waals surface area contributed by atoms with E-state index < -0.39 is 5.82 Å². The second-order valence-electron chi connectivity index (χ2n) is 8.09. The molecule has 30 heavy (non-hydrogen) atoms. The lowest BCUT2D eigenvalue weighted by Crippen LogP contribution is -2.37. The first kappa shape index (κ1) is 20.5. The Kier molecular flexibility index (Phi) is 6.08. The molecular formula is C23H27F2N5. The summed E-state index contributed by atoms with van der Waals surface area (Å²) >= 11 is 0. The Labute approximate surface area is 175 Å². The summed E-state index contributed by atoms with van der Waals surface area (Å²) in [6, 6.07) is 12.2. The molecule has 158 valence electrons. The molecule has 7 heteroatoms. The Morgan fingerprint density at radius 3 is 2.47 bits per heavy atom. The van der Waals surface area contributed by atoms with Gasteiger partial charge in [0.1, 0.15) is 17.5 Å². The number of para-hydroxylation sites is 1. The molecule has 1 heterocycles. The average molecular weight is 412 g/mol. The second-order valence-corrected chi connectivity index (χ2v) is 8.09. The van der Waals surface area contributed by atoms with Gasteiger partial charge in [0, 0.05) is 43.7 Å². The molecule has 1 saturated carbocycles. The van der Waals surface area contributed by atoms with Crippen molar-refractivity contribution in [3.8, 4) is 0 Å². The van der Waals surface area contributed by atoms with Crippen molar-refractivity contribution in [2.24, 2.45) is 0 Å². The van der Waals surface area contributed by atoms with Crippen LogP contribution >= 0.6 is 0 Å². The number of anilines is 2. The fraction of sp³-hybridized carbons (Fsp3) is 0.391. The van der Waals surface area contributed by atoms with Gasteiger partial charge in [0.05, 0.1) is 5.52 Å². The maximum atomic E-state index is 13.8. The number of aromatic nitrogens is 2. The van der Waals surface area contributed by atoms with Crippen LogP contribution in [0.1, 0.15) is 31.2 Å². The molecule has 0 radical (unpaired) electrons. The van der Waals surface area contributed by atoms with Crippen LogP contribution in [0, 0.1) is 11.6 Å². The summed E-state index contributed by atoms with van der Waals surface area (Å²) in [5.74, 6) is 0.768. The number of benzene rings is 2. The smallest absolute Gasteiger partial charge is 0.225 e. The molecule has 1 fully saturated rings. The first-order chi connectivity index (χ1) is 14.5. The molecule has 1 aliphatic rings. The molecule has 1 aromatic heterocycles. The van der Waals surface area contributed by atoms with Crippen molar-refractivity contribution < 1.29 is 8.78 Å². The maximum absolute atomic E-state index is 13.8. The van der Waals surface area contributed by atoms with E-state index in [2.05, 4.69) is 15.6 Å². The summed E-state index contributed by atoms with van der Waals surface area (Å²) in [6.45, 7) is 0.340. The third kappa shape index (κ3) is 4.67. The summed E-state index contributed by atoms with van der Waals surface area (Å²) in [5.41, 5.74) is 1.29. The van der Waals surface area contributed by atoms with E-state index >= 15 is 0 Å². The lowest BCUT2D eigenvalue weighted by Gasteiger charge is -2.30. The normalized spacial score (nSPS) is 19.1. The van der Waals surface area contributed by atoms with E-state index in [1.54, 1.807) is 0 Å². The van der Waals surface area contributed by atoms with Gasteiger partial charge in [-0.2, -0.15) is 4.98 Å². The predicted octanol–water partition coefficient (Wildman–Crippen LogP) is 4.49. The van der Waals surface area contributed by atoms with Crippen LogP contribution in [0.5, 0.6) is 0 Å². The molecule has 5 nitrogen and oxygen atoms in total. The van der Waals surface area contributed by atoms with Gasteiger partial charge in [-0.1, -0.05) is 12.1 Å². The summed E-state index contributed by atoms with van der Waals surface area (Å²) in [5, 5.41) is 7.89. The molecule has 0 atom stereocenters. The summed E-state index contributed by atoms with van der Waals surface area (Å²) in [6.07, 6.45) is 3.86. The molecule has 0 bridgehead atoms. The maximum Gasteiger partial charge on any atom is 0.225 e. The zero-order valence-corrected chi connectivity index (χ0v) is 17.3. The average Bonchev–Trinajstić information content (AvgIpc) is 2.74. The molecule has 4 rings (SSSR count). The van der Waals surface area contributed by atoms with E-state index in [1.807, 2.05) is 43.3 Å². The van der Waals surface area contributed by atoms with Crippen molar-refractivity contribution in [2.75, 3.05) is 24.3 Å². The minimum atomic E-state index is -0.409. The number of halogens is 2. The van der Waals surface area contributed by atoms with Gasteiger partial charge in [-0.25, -0.2) is 13.8 Å². The number of fused-ring (bicyclic) bond motifs is 1. The topological polar surface area (TPSA) is 53.1 Å². The number of rotatable bonds is 6. The van der Waals surface area contributed by atoms with E-state index in [4.69, 9.17) is 4.98 Å². The fourth-order valence-corrected chi connectivity index (χ4v) is 4.02. The first-order valence-corrected chi connectivity index (χ1v) is 10.4. The van der Waals surface area contributed by atoms with Crippen molar-refractivity contribution in [2.45, 2.75) is 44.3 Å². The molecule has 1 aliphatic carbocycles. The molecule has 2 N–H and O–H groups in total. The first-order valence-electron chi connectivity index (χ1n) is 10.4. The van der Waals surface area contributed by atoms with Crippen molar-refractivity contribution in [3.05, 3.63) is 59.7 Å². The Morgan fingerprint density at radius 2 is 1.70 bits per heavy atom. The highest BCUT2D eigenvalue weighted by Crippen LogP contribution is 2.26. The van der Waals surface area contributed by atoms with Gasteiger partial charge in [0.15, 0.2) is 0 Å². The predicted molar refractivity (Wildman–Crippen MR) is 117 cm³/mol. The van der Waals surface area contributed by atoms with Crippen LogP contribution in [0.25, 0.3) is 10.9 Å². The van der Waals surface area contributed by atoms with Crippen molar-refractivity contribution in [1.82, 2.24) is 15.3 Å². The van der Waals surface area contributed by atoms with Crippen LogP contribution in [0.2, 0.25) is 0 Å². The van der Waals surface area contributed by atoms with E-state index in [-0.39, 0.29) is 5.82 Å². The highest BCUT2D eigenvalue weighted by molar-refractivity contribution is 5.90. The van der Waals surface area contributed by atoms with Crippen LogP contribution in [0.15, 0.2) is 42.5 Å². The van der Waals surface area contributed by atoms with Gasteiger partial charge in [0.2, 0.25) is 5.95 Å². The Balaban J connectivity index is 1.35. The highest BCUT2D eigenvalue weighted by Gasteiger charge is 2.22. The number of hydrogen-bond acceptors (Lipinski definition) is 5. The van der Waals surface area contributed by atoms with Crippen LogP contribution < -0.4 is 15.5 Å². The molecule has 3 aromatic rings. The van der Waals surface area contributed by atoms with Crippen molar-refractivity contribution in [3.63, 3.8) is 0 Å². The second kappa shape index (κ2) is 8.92. The summed E-state index contributed by atoms with van der Waals surface area (Å²) in [7, 11) is 3.97. The molecular weight excluding hydrogens is 384 g/mol. The largest absolute Gasteiger partial charge is 0.362 e. The molecule has 0 spiro atoms. The fourth-order valence-electron chi connectivity index (χ4n) is 4.02. The lowest BCUT2D eigenvalue weighted by molar-refractivity contribution is 0.350. The monoisotopic (exact) mass is 411 g/mol. The highest BCUT2D eigenvalue weighted by atomic mass is 19.1. The zero-order chi connectivity index (χ0) is 21.1. The van der Waals surface area contributed by atoms with E-state index in [1.165, 1.54) is 12.1 Å². The minimum absolute atomic E-state index is 0.292. The minimum Gasteiger partial charge on any atom is -0.362 e. The quantitative estimate of drug-likeness (QED) is 0.626. The molecule has 0 aliphatic heterocycles. The number of nitrogens with one attached hydrogen (secondary N) is 2. The molecule has 0 saturated heterocycles. The Hall–Kier alpha value is -2.80. The number of hydrogen-bond donors (Lipinski definition) is 2. The zero-order valence-electron chi connectivity index (χ0n) is 17.3. The SMILES string of the molecule is CN(C)c1nc(N[C@H]2CC[C@@H](NCc3cc(F)ccc3F)CC2)nc2ccccc12. The molecule has 0 unspecified atom stereocenters. The van der Waals surface area contributed by atoms with Gasteiger partial charge < -0.3 is 15.5 Å². The van der Waals surface area contributed by atoms with Gasteiger partial charge in [-0.3, -0.25) is 0 Å². The van der Waals surface area contributed by atoms with Crippen molar-refractivity contribution in [1.29, 1.82) is 0 Å². The Bertz CT molecular complexity index is 1020. The van der Waals surface area contributed by atoms with Crippen LogP contribution in [0.4, 0.5) is 20.5 Å². The van der Waals surface area contributed by atoms with E-state index in [0.29, 0.717) is 30.1 Å². The van der Waals surface area contributed by atoms with Crippen LogP contribution in [-0.4, -0.2) is 36.1 Å². The van der Waals surface area contributed by atoms with Crippen LogP contribution in [0.3, 0.4) is 0 Å². The van der Waals surface area contributed by atoms with Gasteiger partial charge in [-0.15, -0.1) is 0 Å². The van der Waals surface area contributed by atoms with E-state index in [9.17, 15) is 8.78 Å².